The van der Waals surface area contributed by atoms with Crippen molar-refractivity contribution in [3.8, 4) is 0 Å². The molecule has 1 aromatic heterocycles. The Morgan fingerprint density at radius 1 is 1.00 bits per heavy atom. The number of ether oxygens (including phenoxy) is 1. The Morgan fingerprint density at radius 2 is 1.67 bits per heavy atom. The number of likely N-dealkylation sites (tertiary alicyclic amines) is 1. The second kappa shape index (κ2) is 13.9. The van der Waals surface area contributed by atoms with E-state index in [1.807, 2.05) is 85.7 Å². The molecule has 3 amide bonds. The van der Waals surface area contributed by atoms with Crippen LogP contribution in [0.4, 0.5) is 10.5 Å². The average molecular weight is 697 g/mol. The Hall–Kier alpha value is -3.96. The highest BCUT2D eigenvalue weighted by Crippen LogP contribution is 2.36. The lowest BCUT2D eigenvalue weighted by Gasteiger charge is -2.33. The third kappa shape index (κ3) is 8.93. The van der Waals surface area contributed by atoms with Gasteiger partial charge in [0, 0.05) is 41.0 Å². The van der Waals surface area contributed by atoms with Crippen LogP contribution in [0.1, 0.15) is 94.6 Å². The van der Waals surface area contributed by atoms with E-state index >= 15 is 0 Å². The Bertz CT molecular complexity index is 1780. The van der Waals surface area contributed by atoms with E-state index in [1.165, 1.54) is 30.3 Å². The van der Waals surface area contributed by atoms with Crippen LogP contribution in [0.5, 0.6) is 0 Å². The van der Waals surface area contributed by atoms with Crippen LogP contribution in [0.25, 0.3) is 0 Å². The summed E-state index contributed by atoms with van der Waals surface area (Å²) in [6, 6.07) is 17.7. The molecule has 2 heterocycles. The van der Waals surface area contributed by atoms with Gasteiger partial charge < -0.3 is 14.5 Å². The van der Waals surface area contributed by atoms with Crippen molar-refractivity contribution < 1.29 is 27.5 Å². The molecule has 10 nitrogen and oxygen atoms in total. The summed E-state index contributed by atoms with van der Waals surface area (Å²) in [5.41, 5.74) is -0.0177. The minimum absolute atomic E-state index is 0.0870. The molecule has 258 valence electrons. The number of amides is 3. The first-order chi connectivity index (χ1) is 22.2. The second-order valence-electron chi connectivity index (χ2n) is 14.8. The average Bonchev–Trinajstić information content (AvgIpc) is 3.30. The van der Waals surface area contributed by atoms with Crippen LogP contribution in [0.15, 0.2) is 71.6 Å². The number of hydrogen-bond acceptors (Lipinski definition) is 7. The minimum atomic E-state index is -4.38. The Balaban J connectivity index is 1.53. The zero-order chi connectivity index (χ0) is 35.7. The van der Waals surface area contributed by atoms with E-state index in [0.717, 1.165) is 6.42 Å². The molecular weight excluding hydrogens is 652 g/mol. The number of para-hydroxylation sites is 1. The summed E-state index contributed by atoms with van der Waals surface area (Å²) < 4.78 is 34.4. The van der Waals surface area contributed by atoms with Crippen molar-refractivity contribution in [1.82, 2.24) is 14.6 Å². The van der Waals surface area contributed by atoms with Gasteiger partial charge in [-0.1, -0.05) is 56.6 Å². The third-order valence-corrected chi connectivity index (χ3v) is 9.74. The molecule has 1 atom stereocenters. The smallest absolute Gasteiger partial charge is 0.410 e. The molecule has 4 rings (SSSR count). The zero-order valence-electron chi connectivity index (χ0n) is 28.8. The number of nitrogens with one attached hydrogen (secondary N) is 1. The number of halogens is 1. The maximum absolute atomic E-state index is 14.0. The van der Waals surface area contributed by atoms with E-state index in [4.69, 9.17) is 16.3 Å². The topological polar surface area (TPSA) is 126 Å². The lowest BCUT2D eigenvalue weighted by atomic mass is 9.91. The number of benzene rings is 2. The van der Waals surface area contributed by atoms with Crippen molar-refractivity contribution in [1.29, 1.82) is 0 Å². The number of carbonyl (C=O) groups excluding carboxylic acids is 3. The van der Waals surface area contributed by atoms with E-state index in [-0.39, 0.29) is 38.6 Å². The number of sulfonamides is 1. The van der Waals surface area contributed by atoms with Gasteiger partial charge >= 0.3 is 6.09 Å². The van der Waals surface area contributed by atoms with Crippen LogP contribution >= 0.6 is 11.6 Å². The fraction of sp³-hybridized carbons (Fsp3) is 0.444. The molecule has 0 radical (unpaired) electrons. The fourth-order valence-electron chi connectivity index (χ4n) is 5.70. The third-order valence-electron chi connectivity index (χ3n) is 8.13. The van der Waals surface area contributed by atoms with Crippen LogP contribution < -0.4 is 9.62 Å². The number of pyridine rings is 1. The van der Waals surface area contributed by atoms with Crippen LogP contribution in [0.3, 0.4) is 0 Å². The van der Waals surface area contributed by atoms with Crippen LogP contribution in [-0.2, 0) is 20.2 Å². The van der Waals surface area contributed by atoms with E-state index < -0.39 is 33.0 Å². The zero-order valence-corrected chi connectivity index (χ0v) is 30.4. The predicted octanol–water partition coefficient (Wildman–Crippen LogP) is 7.22. The van der Waals surface area contributed by atoms with Gasteiger partial charge in [0.05, 0.1) is 10.5 Å². The van der Waals surface area contributed by atoms with Gasteiger partial charge in [-0.15, -0.1) is 0 Å². The summed E-state index contributed by atoms with van der Waals surface area (Å²) in [5.74, 6) is -1.24. The van der Waals surface area contributed by atoms with Crippen molar-refractivity contribution in [2.45, 2.75) is 89.7 Å². The molecule has 0 spiro atoms. The Morgan fingerprint density at radius 3 is 2.27 bits per heavy atom. The lowest BCUT2D eigenvalue weighted by Crippen LogP contribution is -2.45. The normalized spacial score (nSPS) is 16.4. The number of hydrogen-bond donors (Lipinski definition) is 1. The first kappa shape index (κ1) is 36.9. The molecule has 1 aliphatic rings. The number of nitrogens with zero attached hydrogens (tertiary/aromatic N) is 3. The van der Waals surface area contributed by atoms with Gasteiger partial charge in [-0.2, -0.15) is 0 Å². The molecule has 2 aromatic carbocycles. The number of carbonyl (C=O) groups is 3. The van der Waals surface area contributed by atoms with E-state index in [9.17, 15) is 22.8 Å². The summed E-state index contributed by atoms with van der Waals surface area (Å²) in [6.07, 6.45) is 0.964. The molecular formula is C36H45ClN4O6S. The SMILES string of the molecule is CC(C)(C)OC(=O)N1CC(CCN(C(=O)c2cccc(S(=O)(=O)NC(=O)c3ccc(C(C)(C)C)nc3Cl)c2)c2ccccc2)CC1(C)C. The van der Waals surface area contributed by atoms with E-state index in [2.05, 4.69) is 9.71 Å². The molecule has 0 aliphatic carbocycles. The molecule has 1 fully saturated rings. The van der Waals surface area contributed by atoms with Gasteiger partial charge in [-0.05, 0) is 95.8 Å². The van der Waals surface area contributed by atoms with Crippen molar-refractivity contribution in [2.24, 2.45) is 5.92 Å². The Kier molecular flexibility index (Phi) is 10.7. The quantitative estimate of drug-likeness (QED) is 0.247. The maximum atomic E-state index is 14.0. The molecule has 1 saturated heterocycles. The lowest BCUT2D eigenvalue weighted by molar-refractivity contribution is 0.0130. The monoisotopic (exact) mass is 696 g/mol. The van der Waals surface area contributed by atoms with Crippen LogP contribution in [0.2, 0.25) is 5.15 Å². The fourth-order valence-corrected chi connectivity index (χ4v) is 6.95. The highest BCUT2D eigenvalue weighted by molar-refractivity contribution is 7.90. The minimum Gasteiger partial charge on any atom is -0.444 e. The van der Waals surface area contributed by atoms with Crippen molar-refractivity contribution in [2.75, 3.05) is 18.0 Å². The number of anilines is 1. The molecule has 1 aliphatic heterocycles. The molecule has 1 N–H and O–H groups in total. The number of rotatable bonds is 8. The summed E-state index contributed by atoms with van der Waals surface area (Å²) in [4.78, 5) is 47.3. The summed E-state index contributed by atoms with van der Waals surface area (Å²) >= 11 is 6.26. The first-order valence-electron chi connectivity index (χ1n) is 15.9. The predicted molar refractivity (Wildman–Crippen MR) is 187 cm³/mol. The van der Waals surface area contributed by atoms with E-state index in [1.54, 1.807) is 15.9 Å². The molecule has 12 heteroatoms. The second-order valence-corrected chi connectivity index (χ2v) is 16.8. The van der Waals surface area contributed by atoms with Gasteiger partial charge in [0.15, 0.2) is 0 Å². The van der Waals surface area contributed by atoms with Gasteiger partial charge in [-0.3, -0.25) is 9.59 Å². The maximum Gasteiger partial charge on any atom is 0.410 e. The molecule has 48 heavy (non-hydrogen) atoms. The molecule has 1 unspecified atom stereocenters. The Labute approximate surface area is 288 Å². The van der Waals surface area contributed by atoms with Gasteiger partial charge in [-0.25, -0.2) is 22.9 Å². The van der Waals surface area contributed by atoms with E-state index in [0.29, 0.717) is 30.9 Å². The summed E-state index contributed by atoms with van der Waals surface area (Å²) in [7, 11) is -4.38. The summed E-state index contributed by atoms with van der Waals surface area (Å²) in [6.45, 7) is 16.2. The van der Waals surface area contributed by atoms with Gasteiger partial charge in [0.25, 0.3) is 21.8 Å². The standard InChI is InChI=1S/C36H45ClN4O6S/c1-34(2,3)29-18-17-28(30(37)38-29)31(42)39-48(45,46)27-16-12-13-25(21-27)32(43)40(26-14-10-9-11-15-26)20-19-24-22-36(7,8)41(23-24)33(44)47-35(4,5)6/h9-18,21,24H,19-20,22-23H2,1-8H3,(H,39,42). The molecule has 3 aromatic rings. The van der Waals surface area contributed by atoms with Crippen molar-refractivity contribution in [3.63, 3.8) is 0 Å². The van der Waals surface area contributed by atoms with Gasteiger partial charge in [0.1, 0.15) is 10.8 Å². The molecule has 0 saturated carbocycles. The highest BCUT2D eigenvalue weighted by Gasteiger charge is 2.43. The van der Waals surface area contributed by atoms with Crippen molar-refractivity contribution >= 4 is 45.2 Å². The van der Waals surface area contributed by atoms with Crippen LogP contribution in [-0.4, -0.2) is 60.4 Å². The highest BCUT2D eigenvalue weighted by atomic mass is 35.5. The van der Waals surface area contributed by atoms with Crippen LogP contribution in [0, 0.1) is 5.92 Å². The van der Waals surface area contributed by atoms with Gasteiger partial charge in [0.2, 0.25) is 0 Å². The summed E-state index contributed by atoms with van der Waals surface area (Å²) in [5, 5.41) is -0.113. The number of aromatic nitrogens is 1. The molecule has 0 bridgehead atoms. The first-order valence-corrected chi connectivity index (χ1v) is 17.8. The largest absolute Gasteiger partial charge is 0.444 e. The van der Waals surface area contributed by atoms with Crippen molar-refractivity contribution in [3.05, 3.63) is 88.7 Å².